The highest BCUT2D eigenvalue weighted by atomic mass is 32.2. The first kappa shape index (κ1) is 17.5. The van der Waals surface area contributed by atoms with Gasteiger partial charge in [0, 0.05) is 38.0 Å². The summed E-state index contributed by atoms with van der Waals surface area (Å²) in [5.41, 5.74) is 1.07. The lowest BCUT2D eigenvalue weighted by atomic mass is 10.2. The Bertz CT molecular complexity index is 544. The van der Waals surface area contributed by atoms with Crippen molar-refractivity contribution in [1.82, 2.24) is 9.80 Å². The van der Waals surface area contributed by atoms with Gasteiger partial charge in [0.15, 0.2) is 0 Å². The number of rotatable bonds is 4. The predicted molar refractivity (Wildman–Crippen MR) is 100 cm³/mol. The lowest BCUT2D eigenvalue weighted by Gasteiger charge is -2.35. The zero-order valence-electron chi connectivity index (χ0n) is 14.1. The van der Waals surface area contributed by atoms with Crippen molar-refractivity contribution in [3.8, 4) is 0 Å². The van der Waals surface area contributed by atoms with Gasteiger partial charge in [-0.25, -0.2) is 0 Å². The largest absolute Gasteiger partial charge is 0.379 e. The molecule has 24 heavy (non-hydrogen) atoms. The Morgan fingerprint density at radius 2 is 2.00 bits per heavy atom. The van der Waals surface area contributed by atoms with E-state index in [0.29, 0.717) is 6.04 Å². The van der Waals surface area contributed by atoms with E-state index in [2.05, 4.69) is 9.80 Å². The molecule has 3 rings (SSSR count). The maximum absolute atomic E-state index is 12.8. The molecule has 0 radical (unpaired) electrons. The fourth-order valence-electron chi connectivity index (χ4n) is 3.18. The first-order valence-corrected chi connectivity index (χ1v) is 9.90. The number of carbonyl (C=O) groups excluding carboxylic acids is 1. The molecule has 130 valence electrons. The highest BCUT2D eigenvalue weighted by molar-refractivity contribution is 7.99. The minimum absolute atomic E-state index is 0.139. The number of nitrogens with zero attached hydrogens (tertiary/aromatic N) is 2. The number of hydrogen-bond acceptors (Lipinski definition) is 4. The number of hydrogen-bond donors (Lipinski definition) is 0. The predicted octanol–water partition coefficient (Wildman–Crippen LogP) is 2.37. The molecule has 1 aromatic rings. The van der Waals surface area contributed by atoms with Gasteiger partial charge in [0.25, 0.3) is 0 Å². The van der Waals surface area contributed by atoms with Gasteiger partial charge in [-0.3, -0.25) is 9.69 Å². The normalized spacial score (nSPS) is 23.3. The van der Waals surface area contributed by atoms with Crippen molar-refractivity contribution in [2.24, 2.45) is 0 Å². The summed E-state index contributed by atoms with van der Waals surface area (Å²) in [6.07, 6.45) is 4.74. The third-order valence-corrected chi connectivity index (χ3v) is 5.71. The summed E-state index contributed by atoms with van der Waals surface area (Å²) < 4.78 is 5.44. The number of ether oxygens (including phenoxy) is 1. The summed E-state index contributed by atoms with van der Waals surface area (Å²) in [4.78, 5) is 17.3. The first-order valence-electron chi connectivity index (χ1n) is 8.74. The Morgan fingerprint density at radius 1 is 1.21 bits per heavy atom. The molecule has 2 aliphatic heterocycles. The van der Waals surface area contributed by atoms with Crippen LogP contribution in [0.1, 0.15) is 12.0 Å². The Balaban J connectivity index is 1.64. The van der Waals surface area contributed by atoms with Crippen molar-refractivity contribution in [3.05, 3.63) is 42.0 Å². The van der Waals surface area contributed by atoms with E-state index in [-0.39, 0.29) is 5.91 Å². The molecule has 1 aromatic carbocycles. The minimum Gasteiger partial charge on any atom is -0.379 e. The molecule has 4 nitrogen and oxygen atoms in total. The Morgan fingerprint density at radius 3 is 2.79 bits per heavy atom. The van der Waals surface area contributed by atoms with Gasteiger partial charge in [0.1, 0.15) is 0 Å². The van der Waals surface area contributed by atoms with E-state index in [1.165, 1.54) is 0 Å². The van der Waals surface area contributed by atoms with E-state index >= 15 is 0 Å². The van der Waals surface area contributed by atoms with Gasteiger partial charge in [-0.05, 0) is 23.8 Å². The second-order valence-electron chi connectivity index (χ2n) is 6.27. The summed E-state index contributed by atoms with van der Waals surface area (Å²) in [5, 5.41) is 0. The van der Waals surface area contributed by atoms with Crippen LogP contribution in [0.2, 0.25) is 0 Å². The number of benzene rings is 1. The standard InChI is InChI=1S/C19H26N2O2S/c22-19(8-7-17-5-2-1-3-6-17)21-9-4-14-24-16-18(21)15-20-10-12-23-13-11-20/h1-3,5-8,18H,4,9-16H2. The Labute approximate surface area is 148 Å². The number of carbonyl (C=O) groups is 1. The molecule has 0 spiro atoms. The van der Waals surface area contributed by atoms with E-state index in [9.17, 15) is 4.79 Å². The summed E-state index contributed by atoms with van der Waals surface area (Å²) >= 11 is 1.97. The lowest BCUT2D eigenvalue weighted by Crippen LogP contribution is -2.50. The van der Waals surface area contributed by atoms with Crippen LogP contribution in [0.4, 0.5) is 0 Å². The second kappa shape index (κ2) is 9.25. The van der Waals surface area contributed by atoms with E-state index in [0.717, 1.165) is 62.9 Å². The van der Waals surface area contributed by atoms with Crippen LogP contribution in [0, 0.1) is 0 Å². The molecule has 0 aliphatic carbocycles. The van der Waals surface area contributed by atoms with Crippen LogP contribution in [0.5, 0.6) is 0 Å². The molecule has 0 aromatic heterocycles. The smallest absolute Gasteiger partial charge is 0.246 e. The fourth-order valence-corrected chi connectivity index (χ4v) is 4.24. The van der Waals surface area contributed by atoms with Gasteiger partial charge in [-0.2, -0.15) is 11.8 Å². The SMILES string of the molecule is O=C(C=Cc1ccccc1)N1CCCSCC1CN1CCOCC1. The molecule has 2 fully saturated rings. The molecule has 0 N–H and O–H groups in total. The minimum atomic E-state index is 0.139. The Kier molecular flexibility index (Phi) is 6.75. The maximum atomic E-state index is 12.8. The molecular formula is C19H26N2O2S. The third kappa shape index (κ3) is 5.10. The van der Waals surface area contributed by atoms with Crippen molar-refractivity contribution in [2.75, 3.05) is 50.9 Å². The number of thioether (sulfide) groups is 1. The van der Waals surface area contributed by atoms with Gasteiger partial charge < -0.3 is 9.64 Å². The topological polar surface area (TPSA) is 32.8 Å². The molecule has 0 bridgehead atoms. The molecule has 0 saturated carbocycles. The Hall–Kier alpha value is -1.30. The number of amides is 1. The third-order valence-electron chi connectivity index (χ3n) is 4.51. The van der Waals surface area contributed by atoms with E-state index in [1.54, 1.807) is 6.08 Å². The van der Waals surface area contributed by atoms with E-state index in [1.807, 2.05) is 48.2 Å². The molecule has 2 aliphatic rings. The van der Waals surface area contributed by atoms with E-state index in [4.69, 9.17) is 4.74 Å². The van der Waals surface area contributed by atoms with E-state index < -0.39 is 0 Å². The monoisotopic (exact) mass is 346 g/mol. The van der Waals surface area contributed by atoms with Crippen LogP contribution >= 0.6 is 11.8 Å². The zero-order chi connectivity index (χ0) is 16.6. The molecule has 2 saturated heterocycles. The van der Waals surface area contributed by atoms with Crippen LogP contribution < -0.4 is 0 Å². The van der Waals surface area contributed by atoms with Gasteiger partial charge >= 0.3 is 0 Å². The average Bonchev–Trinajstić information content (AvgIpc) is 2.87. The quantitative estimate of drug-likeness (QED) is 0.784. The molecule has 1 amide bonds. The maximum Gasteiger partial charge on any atom is 0.246 e. The summed E-state index contributed by atoms with van der Waals surface area (Å²) in [5.74, 6) is 2.31. The zero-order valence-corrected chi connectivity index (χ0v) is 14.9. The van der Waals surface area contributed by atoms with Gasteiger partial charge in [-0.1, -0.05) is 30.3 Å². The number of morpholine rings is 1. The van der Waals surface area contributed by atoms with Crippen molar-refractivity contribution >= 4 is 23.7 Å². The van der Waals surface area contributed by atoms with Crippen LogP contribution in [-0.4, -0.2) is 72.6 Å². The lowest BCUT2D eigenvalue weighted by molar-refractivity contribution is -0.128. The van der Waals surface area contributed by atoms with Crippen molar-refractivity contribution < 1.29 is 9.53 Å². The summed E-state index contributed by atoms with van der Waals surface area (Å²) in [6.45, 7) is 5.39. The first-order chi connectivity index (χ1) is 11.8. The molecular weight excluding hydrogens is 320 g/mol. The van der Waals surface area contributed by atoms with Crippen molar-refractivity contribution in [1.29, 1.82) is 0 Å². The molecule has 1 atom stereocenters. The van der Waals surface area contributed by atoms with Crippen LogP contribution in [0.25, 0.3) is 6.08 Å². The van der Waals surface area contributed by atoms with Gasteiger partial charge in [-0.15, -0.1) is 0 Å². The van der Waals surface area contributed by atoms with Crippen LogP contribution in [-0.2, 0) is 9.53 Å². The van der Waals surface area contributed by atoms with Crippen LogP contribution in [0.15, 0.2) is 36.4 Å². The van der Waals surface area contributed by atoms with Crippen molar-refractivity contribution in [3.63, 3.8) is 0 Å². The summed E-state index contributed by atoms with van der Waals surface area (Å²) in [6, 6.07) is 10.3. The second-order valence-corrected chi connectivity index (χ2v) is 7.42. The van der Waals surface area contributed by atoms with Crippen LogP contribution in [0.3, 0.4) is 0 Å². The average molecular weight is 346 g/mol. The van der Waals surface area contributed by atoms with Gasteiger partial charge in [0.05, 0.1) is 19.3 Å². The van der Waals surface area contributed by atoms with Gasteiger partial charge in [0.2, 0.25) is 5.91 Å². The molecule has 1 unspecified atom stereocenters. The highest BCUT2D eigenvalue weighted by Gasteiger charge is 2.26. The van der Waals surface area contributed by atoms with Crippen molar-refractivity contribution in [2.45, 2.75) is 12.5 Å². The fraction of sp³-hybridized carbons (Fsp3) is 0.526. The molecule has 5 heteroatoms. The highest BCUT2D eigenvalue weighted by Crippen LogP contribution is 2.18. The summed E-state index contributed by atoms with van der Waals surface area (Å²) in [7, 11) is 0. The molecule has 2 heterocycles.